The van der Waals surface area contributed by atoms with Crippen LogP contribution in [-0.2, 0) is 5.41 Å². The van der Waals surface area contributed by atoms with E-state index in [0.717, 1.165) is 44.3 Å². The smallest absolute Gasteiger partial charge is 0.177 e. The fourth-order valence-corrected chi connectivity index (χ4v) is 10.2. The Morgan fingerprint density at radius 1 is 0.308 bits per heavy atom. The molecule has 304 valence electrons. The topological polar surface area (TPSA) is 57.1 Å². The minimum Gasteiger partial charge on any atom is -0.449 e. The number of nitrogens with zero attached hydrogens (tertiary/aromatic N) is 3. The van der Waals surface area contributed by atoms with Crippen LogP contribution in [0.15, 0.2) is 224 Å². The van der Waals surface area contributed by atoms with E-state index in [-0.39, 0.29) is 0 Å². The minimum absolute atomic E-state index is 0.558. The molecule has 0 unspecified atom stereocenters. The van der Waals surface area contributed by atoms with Gasteiger partial charge < -0.3 is 9.47 Å². The lowest BCUT2D eigenvalue weighted by Gasteiger charge is -2.34. The molecular formula is C60H37N3O2. The average molecular weight is 832 g/mol. The van der Waals surface area contributed by atoms with Crippen molar-refractivity contribution in [1.82, 2.24) is 15.0 Å². The van der Waals surface area contributed by atoms with E-state index in [1.54, 1.807) is 0 Å². The highest BCUT2D eigenvalue weighted by Gasteiger charge is 2.47. The number of para-hydroxylation sites is 1. The van der Waals surface area contributed by atoms with Crippen LogP contribution < -0.4 is 9.47 Å². The molecular weight excluding hydrogens is 795 g/mol. The first kappa shape index (κ1) is 36.9. The van der Waals surface area contributed by atoms with Gasteiger partial charge in [0, 0.05) is 22.3 Å². The van der Waals surface area contributed by atoms with Crippen molar-refractivity contribution in [2.24, 2.45) is 0 Å². The number of aromatic nitrogens is 3. The molecule has 1 aliphatic heterocycles. The molecule has 0 saturated carbocycles. The third kappa shape index (κ3) is 5.83. The highest BCUT2D eigenvalue weighted by Crippen LogP contribution is 2.60. The van der Waals surface area contributed by atoms with E-state index >= 15 is 0 Å². The van der Waals surface area contributed by atoms with E-state index < -0.39 is 5.41 Å². The van der Waals surface area contributed by atoms with Crippen LogP contribution in [-0.4, -0.2) is 15.0 Å². The fraction of sp³-hybridized carbons (Fsp3) is 0.0167. The molecule has 0 N–H and O–H groups in total. The molecule has 13 rings (SSSR count). The fourth-order valence-electron chi connectivity index (χ4n) is 10.2. The normalized spacial score (nSPS) is 13.0. The van der Waals surface area contributed by atoms with Crippen molar-refractivity contribution in [3.8, 4) is 79.4 Å². The van der Waals surface area contributed by atoms with E-state index in [4.69, 9.17) is 24.4 Å². The second kappa shape index (κ2) is 14.7. The number of ether oxygens (including phenoxy) is 2. The van der Waals surface area contributed by atoms with Crippen molar-refractivity contribution in [1.29, 1.82) is 0 Å². The molecule has 65 heavy (non-hydrogen) atoms. The number of hydrogen-bond acceptors (Lipinski definition) is 5. The second-order valence-corrected chi connectivity index (χ2v) is 16.6. The van der Waals surface area contributed by atoms with Crippen molar-refractivity contribution < 1.29 is 9.47 Å². The second-order valence-electron chi connectivity index (χ2n) is 16.6. The van der Waals surface area contributed by atoms with Gasteiger partial charge in [-0.1, -0.05) is 200 Å². The number of benzene rings is 10. The quantitative estimate of drug-likeness (QED) is 0.156. The predicted molar refractivity (Wildman–Crippen MR) is 260 cm³/mol. The minimum atomic E-state index is -0.558. The molecule has 11 aromatic rings. The summed E-state index contributed by atoms with van der Waals surface area (Å²) < 4.78 is 14.0. The molecule has 10 aromatic carbocycles. The standard InChI is InChI=1S/C60H37N3O2/c1-4-18-39(19-5-1)57-61-58(41-33-34-45-40(35-41)32-31-38-17-10-11-24-44(38)45)63-59(62-57)49-27-13-12-25-46(49)48-28-16-30-53-56(48)65-54-36-50-47-26-14-15-29-51(47)60(42-20-6-2-7-21-42,43-22-8-3-9-23-43)52(50)37-55(54)64-53/h1-37H. The Bertz CT molecular complexity index is 3620. The zero-order chi connectivity index (χ0) is 42.9. The SMILES string of the molecule is c1ccc(-c2nc(-c3ccc4c(ccc5ccccc54)c3)nc(-c3ccccc3-c3cccc4c3Oc3cc5c(cc3O4)C(c3ccccc3)(c3ccccc3)c3ccccc3-5)n2)cc1. The maximum atomic E-state index is 7.05. The summed E-state index contributed by atoms with van der Waals surface area (Å²) in [5, 5.41) is 4.74. The molecule has 1 aromatic heterocycles. The summed E-state index contributed by atoms with van der Waals surface area (Å²) in [6.45, 7) is 0. The third-order valence-electron chi connectivity index (χ3n) is 13.1. The first-order valence-electron chi connectivity index (χ1n) is 21.9. The van der Waals surface area contributed by atoms with Crippen LogP contribution in [0.25, 0.3) is 78.0 Å². The molecule has 2 aliphatic rings. The van der Waals surface area contributed by atoms with E-state index in [1.807, 2.05) is 54.6 Å². The number of fused-ring (bicyclic) bond motifs is 8. The van der Waals surface area contributed by atoms with Gasteiger partial charge in [0.25, 0.3) is 0 Å². The molecule has 0 saturated heterocycles. The molecule has 0 fully saturated rings. The van der Waals surface area contributed by atoms with Gasteiger partial charge in [-0.05, 0) is 84.8 Å². The molecule has 2 heterocycles. The lowest BCUT2D eigenvalue weighted by molar-refractivity contribution is 0.360. The molecule has 0 radical (unpaired) electrons. The Kier molecular flexibility index (Phi) is 8.36. The van der Waals surface area contributed by atoms with Gasteiger partial charge in [-0.3, -0.25) is 0 Å². The summed E-state index contributed by atoms with van der Waals surface area (Å²) in [5.41, 5.74) is 10.9. The maximum absolute atomic E-state index is 7.05. The summed E-state index contributed by atoms with van der Waals surface area (Å²) in [6.07, 6.45) is 0. The largest absolute Gasteiger partial charge is 0.449 e. The Labute approximate surface area is 375 Å². The Morgan fingerprint density at radius 3 is 1.68 bits per heavy atom. The van der Waals surface area contributed by atoms with Crippen molar-refractivity contribution in [3.05, 3.63) is 247 Å². The van der Waals surface area contributed by atoms with Gasteiger partial charge >= 0.3 is 0 Å². The van der Waals surface area contributed by atoms with E-state index in [0.29, 0.717) is 40.5 Å². The predicted octanol–water partition coefficient (Wildman–Crippen LogP) is 15.1. The van der Waals surface area contributed by atoms with Gasteiger partial charge in [0.1, 0.15) is 0 Å². The van der Waals surface area contributed by atoms with Gasteiger partial charge in [0.05, 0.1) is 5.41 Å². The monoisotopic (exact) mass is 831 g/mol. The first-order valence-corrected chi connectivity index (χ1v) is 21.9. The van der Waals surface area contributed by atoms with Crippen LogP contribution in [0.5, 0.6) is 23.0 Å². The van der Waals surface area contributed by atoms with Gasteiger partial charge in [-0.15, -0.1) is 0 Å². The van der Waals surface area contributed by atoms with E-state index in [9.17, 15) is 0 Å². The third-order valence-corrected chi connectivity index (χ3v) is 13.1. The summed E-state index contributed by atoms with van der Waals surface area (Å²) in [4.78, 5) is 15.5. The Morgan fingerprint density at radius 2 is 0.892 bits per heavy atom. The molecule has 5 heteroatoms. The van der Waals surface area contributed by atoms with Gasteiger partial charge in [0.2, 0.25) is 0 Å². The van der Waals surface area contributed by atoms with Crippen molar-refractivity contribution in [3.63, 3.8) is 0 Å². The zero-order valence-corrected chi connectivity index (χ0v) is 35.0. The van der Waals surface area contributed by atoms with Crippen LogP contribution >= 0.6 is 0 Å². The molecule has 0 amide bonds. The van der Waals surface area contributed by atoms with Crippen LogP contribution in [0, 0.1) is 0 Å². The highest BCUT2D eigenvalue weighted by molar-refractivity contribution is 6.08. The van der Waals surface area contributed by atoms with E-state index in [2.05, 4.69) is 170 Å². The zero-order valence-electron chi connectivity index (χ0n) is 35.0. The molecule has 0 atom stereocenters. The lowest BCUT2D eigenvalue weighted by atomic mass is 9.67. The average Bonchev–Trinajstić information content (AvgIpc) is 3.67. The van der Waals surface area contributed by atoms with Crippen LogP contribution in [0.2, 0.25) is 0 Å². The summed E-state index contributed by atoms with van der Waals surface area (Å²) >= 11 is 0. The Balaban J connectivity index is 0.947. The number of rotatable bonds is 6. The van der Waals surface area contributed by atoms with Crippen LogP contribution in [0.4, 0.5) is 0 Å². The Hall–Kier alpha value is -8.67. The van der Waals surface area contributed by atoms with Crippen molar-refractivity contribution in [2.45, 2.75) is 5.41 Å². The lowest BCUT2D eigenvalue weighted by Crippen LogP contribution is -2.28. The van der Waals surface area contributed by atoms with E-state index in [1.165, 1.54) is 38.4 Å². The van der Waals surface area contributed by atoms with Crippen LogP contribution in [0.3, 0.4) is 0 Å². The van der Waals surface area contributed by atoms with Crippen molar-refractivity contribution >= 4 is 21.5 Å². The molecule has 1 aliphatic carbocycles. The first-order chi connectivity index (χ1) is 32.2. The summed E-state index contributed by atoms with van der Waals surface area (Å²) in [5.74, 6) is 4.35. The van der Waals surface area contributed by atoms with Gasteiger partial charge in [-0.25, -0.2) is 15.0 Å². The molecule has 5 nitrogen and oxygen atoms in total. The number of hydrogen-bond donors (Lipinski definition) is 0. The highest BCUT2D eigenvalue weighted by atomic mass is 16.6. The van der Waals surface area contributed by atoms with Gasteiger partial charge in [0.15, 0.2) is 40.5 Å². The summed E-state index contributed by atoms with van der Waals surface area (Å²) in [7, 11) is 0. The summed E-state index contributed by atoms with van der Waals surface area (Å²) in [6, 6.07) is 78.4. The molecule has 0 bridgehead atoms. The van der Waals surface area contributed by atoms with Gasteiger partial charge in [-0.2, -0.15) is 0 Å². The van der Waals surface area contributed by atoms with Crippen molar-refractivity contribution in [2.75, 3.05) is 0 Å². The maximum Gasteiger partial charge on any atom is 0.177 e. The molecule has 0 spiro atoms. The van der Waals surface area contributed by atoms with Crippen LogP contribution in [0.1, 0.15) is 22.3 Å².